The van der Waals surface area contributed by atoms with E-state index in [1.165, 1.54) is 44.6 Å². The molecule has 0 saturated heterocycles. The van der Waals surface area contributed by atoms with Gasteiger partial charge in [-0.25, -0.2) is 13.2 Å². The second-order valence-electron chi connectivity index (χ2n) is 7.56. The van der Waals surface area contributed by atoms with Gasteiger partial charge in [-0.1, -0.05) is 38.7 Å². The van der Waals surface area contributed by atoms with Gasteiger partial charge < -0.3 is 0 Å². The van der Waals surface area contributed by atoms with Crippen molar-refractivity contribution >= 4 is 5.57 Å². The zero-order valence-electron chi connectivity index (χ0n) is 14.5. The molecular weight excluding hydrogens is 309 g/mol. The molecule has 0 N–H and O–H groups in total. The lowest BCUT2D eigenvalue weighted by molar-refractivity contribution is 0.189. The van der Waals surface area contributed by atoms with E-state index >= 15 is 0 Å². The highest BCUT2D eigenvalue weighted by molar-refractivity contribution is 5.66. The van der Waals surface area contributed by atoms with Crippen LogP contribution in [0.25, 0.3) is 5.57 Å². The smallest absolute Gasteiger partial charge is 0.195 e. The third-order valence-electron chi connectivity index (χ3n) is 6.09. The summed E-state index contributed by atoms with van der Waals surface area (Å²) in [6.07, 6.45) is 12.8. The SMILES string of the molecule is CCCC1CCC(C2CC=C(c3ccc(F)c(F)c3F)CC2)CC1. The average Bonchev–Trinajstić information content (AvgIpc) is 2.61. The first kappa shape index (κ1) is 17.6. The van der Waals surface area contributed by atoms with E-state index in [1.807, 2.05) is 0 Å². The minimum atomic E-state index is -1.36. The molecule has 0 aromatic heterocycles. The molecule has 1 saturated carbocycles. The van der Waals surface area contributed by atoms with E-state index < -0.39 is 17.5 Å². The maximum absolute atomic E-state index is 14.0. The lowest BCUT2D eigenvalue weighted by Gasteiger charge is -2.35. The second-order valence-corrected chi connectivity index (χ2v) is 7.56. The van der Waals surface area contributed by atoms with Crippen LogP contribution in [0.15, 0.2) is 18.2 Å². The Morgan fingerprint density at radius 1 is 0.917 bits per heavy atom. The summed E-state index contributed by atoms with van der Waals surface area (Å²) < 4.78 is 40.5. The van der Waals surface area contributed by atoms with Crippen LogP contribution < -0.4 is 0 Å². The number of allylic oxidation sites excluding steroid dienone is 2. The molecule has 0 nitrogen and oxygen atoms in total. The van der Waals surface area contributed by atoms with E-state index in [-0.39, 0.29) is 5.56 Å². The largest absolute Gasteiger partial charge is 0.204 e. The Kier molecular flexibility index (Phi) is 5.68. The highest BCUT2D eigenvalue weighted by atomic mass is 19.2. The van der Waals surface area contributed by atoms with E-state index in [1.54, 1.807) is 0 Å². The molecule has 132 valence electrons. The lowest BCUT2D eigenvalue weighted by atomic mass is 9.70. The average molecular weight is 336 g/mol. The monoisotopic (exact) mass is 336 g/mol. The van der Waals surface area contributed by atoms with Crippen molar-refractivity contribution in [2.45, 2.75) is 64.7 Å². The molecule has 0 spiro atoms. The molecule has 1 unspecified atom stereocenters. The summed E-state index contributed by atoms with van der Waals surface area (Å²) in [6.45, 7) is 2.26. The van der Waals surface area contributed by atoms with Crippen molar-refractivity contribution in [3.05, 3.63) is 41.2 Å². The Morgan fingerprint density at radius 3 is 2.29 bits per heavy atom. The summed E-state index contributed by atoms with van der Waals surface area (Å²) in [4.78, 5) is 0. The molecule has 0 bridgehead atoms. The van der Waals surface area contributed by atoms with Crippen LogP contribution in [0.2, 0.25) is 0 Å². The molecule has 3 rings (SSSR count). The van der Waals surface area contributed by atoms with Crippen molar-refractivity contribution in [3.63, 3.8) is 0 Å². The first-order valence-electron chi connectivity index (χ1n) is 9.43. The Morgan fingerprint density at radius 2 is 1.67 bits per heavy atom. The van der Waals surface area contributed by atoms with Crippen LogP contribution in [0.5, 0.6) is 0 Å². The zero-order valence-corrected chi connectivity index (χ0v) is 14.5. The molecule has 0 amide bonds. The Bertz CT molecular complexity index is 597. The molecule has 1 atom stereocenters. The van der Waals surface area contributed by atoms with E-state index in [2.05, 4.69) is 13.0 Å². The van der Waals surface area contributed by atoms with Crippen LogP contribution in [-0.2, 0) is 0 Å². The summed E-state index contributed by atoms with van der Waals surface area (Å²) in [6, 6.07) is 2.39. The minimum Gasteiger partial charge on any atom is -0.204 e. The second kappa shape index (κ2) is 7.76. The Balaban J connectivity index is 1.62. The number of halogens is 3. The summed E-state index contributed by atoms with van der Waals surface area (Å²) in [5.41, 5.74) is 1.07. The summed E-state index contributed by atoms with van der Waals surface area (Å²) >= 11 is 0. The fourth-order valence-corrected chi connectivity index (χ4v) is 4.66. The number of hydrogen-bond donors (Lipinski definition) is 0. The quantitative estimate of drug-likeness (QED) is 0.525. The first-order valence-corrected chi connectivity index (χ1v) is 9.43. The maximum Gasteiger partial charge on any atom is 0.195 e. The van der Waals surface area contributed by atoms with Crippen LogP contribution in [0, 0.1) is 35.2 Å². The Labute approximate surface area is 143 Å². The van der Waals surface area contributed by atoms with E-state index in [0.29, 0.717) is 5.92 Å². The molecule has 1 aromatic rings. The fraction of sp³-hybridized carbons (Fsp3) is 0.619. The molecular formula is C21H27F3. The van der Waals surface area contributed by atoms with Gasteiger partial charge in [-0.3, -0.25) is 0 Å². The molecule has 2 aliphatic carbocycles. The number of rotatable bonds is 4. The molecule has 3 heteroatoms. The zero-order chi connectivity index (χ0) is 17.1. The lowest BCUT2D eigenvalue weighted by Crippen LogP contribution is -2.23. The van der Waals surface area contributed by atoms with Gasteiger partial charge in [-0.05, 0) is 67.6 Å². The maximum atomic E-state index is 14.0. The predicted molar refractivity (Wildman–Crippen MR) is 92.0 cm³/mol. The highest BCUT2D eigenvalue weighted by Gasteiger charge is 2.29. The highest BCUT2D eigenvalue weighted by Crippen LogP contribution is 2.42. The molecule has 0 heterocycles. The third kappa shape index (κ3) is 3.70. The molecule has 1 fully saturated rings. The van der Waals surface area contributed by atoms with Gasteiger partial charge in [0.2, 0.25) is 0 Å². The molecule has 0 aliphatic heterocycles. The minimum absolute atomic E-state index is 0.235. The summed E-state index contributed by atoms with van der Waals surface area (Å²) in [5.74, 6) is -1.15. The van der Waals surface area contributed by atoms with Gasteiger partial charge in [0.1, 0.15) is 0 Å². The van der Waals surface area contributed by atoms with Crippen LogP contribution >= 0.6 is 0 Å². The normalized spacial score (nSPS) is 27.8. The fourth-order valence-electron chi connectivity index (χ4n) is 4.66. The number of benzene rings is 1. The van der Waals surface area contributed by atoms with Crippen LogP contribution in [0.1, 0.15) is 70.3 Å². The molecule has 1 aromatic carbocycles. The van der Waals surface area contributed by atoms with Gasteiger partial charge in [0.15, 0.2) is 17.5 Å². The summed E-state index contributed by atoms with van der Waals surface area (Å²) in [7, 11) is 0. The predicted octanol–water partition coefficient (Wildman–Crippen LogP) is 6.89. The van der Waals surface area contributed by atoms with Gasteiger partial charge in [-0.2, -0.15) is 0 Å². The van der Waals surface area contributed by atoms with Crippen LogP contribution in [0.4, 0.5) is 13.2 Å². The Hall–Kier alpha value is -1.25. The van der Waals surface area contributed by atoms with Gasteiger partial charge in [0, 0.05) is 5.56 Å². The molecule has 24 heavy (non-hydrogen) atoms. The van der Waals surface area contributed by atoms with Gasteiger partial charge in [0.25, 0.3) is 0 Å². The topological polar surface area (TPSA) is 0 Å². The van der Waals surface area contributed by atoms with E-state index in [4.69, 9.17) is 0 Å². The third-order valence-corrected chi connectivity index (χ3v) is 6.09. The summed E-state index contributed by atoms with van der Waals surface area (Å²) in [5, 5.41) is 0. The van der Waals surface area contributed by atoms with Crippen molar-refractivity contribution in [2.75, 3.05) is 0 Å². The van der Waals surface area contributed by atoms with Crippen molar-refractivity contribution in [1.82, 2.24) is 0 Å². The van der Waals surface area contributed by atoms with Crippen molar-refractivity contribution in [1.29, 1.82) is 0 Å². The van der Waals surface area contributed by atoms with Crippen molar-refractivity contribution in [3.8, 4) is 0 Å². The first-order chi connectivity index (χ1) is 11.6. The van der Waals surface area contributed by atoms with Crippen molar-refractivity contribution in [2.24, 2.45) is 17.8 Å². The van der Waals surface area contributed by atoms with Crippen LogP contribution in [-0.4, -0.2) is 0 Å². The van der Waals surface area contributed by atoms with E-state index in [9.17, 15) is 13.2 Å². The van der Waals surface area contributed by atoms with Crippen LogP contribution in [0.3, 0.4) is 0 Å². The van der Waals surface area contributed by atoms with Crippen molar-refractivity contribution < 1.29 is 13.2 Å². The van der Waals surface area contributed by atoms with Gasteiger partial charge in [-0.15, -0.1) is 0 Å². The molecule has 2 aliphatic rings. The van der Waals surface area contributed by atoms with Gasteiger partial charge >= 0.3 is 0 Å². The molecule has 0 radical (unpaired) electrons. The van der Waals surface area contributed by atoms with E-state index in [0.717, 1.165) is 42.7 Å². The standard InChI is InChI=1S/C21H27F3/c1-2-3-14-4-6-15(7-5-14)16-8-10-17(11-9-16)18-12-13-19(22)21(24)20(18)23/h10,12-16H,2-9,11H2,1H3. The number of hydrogen-bond acceptors (Lipinski definition) is 0. The van der Waals surface area contributed by atoms with Gasteiger partial charge in [0.05, 0.1) is 0 Å².